The van der Waals surface area contributed by atoms with Gasteiger partial charge in [0.2, 0.25) is 11.4 Å². The van der Waals surface area contributed by atoms with Crippen LogP contribution in [0.1, 0.15) is 66.6 Å². The first kappa shape index (κ1) is 43.1. The van der Waals surface area contributed by atoms with Crippen LogP contribution in [0.5, 0.6) is 23.0 Å². The third kappa shape index (κ3) is 6.85. The highest BCUT2D eigenvalue weighted by atomic mass is 19.1. The molecule has 6 aromatic carbocycles. The maximum Gasteiger partial charge on any atom is 0.274 e. The average Bonchev–Trinajstić information content (AvgIpc) is 3.58. The van der Waals surface area contributed by atoms with E-state index in [0.29, 0.717) is 40.7 Å². The summed E-state index contributed by atoms with van der Waals surface area (Å²) in [5.41, 5.74) is 5.24. The molecular weight excluding hydrogens is 832 g/mol. The summed E-state index contributed by atoms with van der Waals surface area (Å²) in [6.45, 7) is 11.2. The highest BCUT2D eigenvalue weighted by Crippen LogP contribution is 2.58. The van der Waals surface area contributed by atoms with Crippen LogP contribution in [-0.4, -0.2) is 30.6 Å². The van der Waals surface area contributed by atoms with Gasteiger partial charge >= 0.3 is 0 Å². The Labute approximate surface area is 376 Å². The van der Waals surface area contributed by atoms with E-state index in [1.54, 1.807) is 19.2 Å². The number of ether oxygens (including phenoxy) is 4. The molecule has 0 bridgehead atoms. The van der Waals surface area contributed by atoms with Crippen LogP contribution in [0.25, 0.3) is 12.2 Å². The van der Waals surface area contributed by atoms with Crippen molar-refractivity contribution >= 4 is 29.2 Å². The van der Waals surface area contributed by atoms with Crippen LogP contribution in [0.4, 0.5) is 30.2 Å². The van der Waals surface area contributed by atoms with E-state index < -0.39 is 38.8 Å². The third-order valence-corrected chi connectivity index (χ3v) is 13.4. The lowest BCUT2D eigenvalue weighted by Gasteiger charge is -2.47. The number of methoxy groups -OCH3 is 2. The van der Waals surface area contributed by atoms with Gasteiger partial charge in [-0.3, -0.25) is 10.1 Å². The van der Waals surface area contributed by atoms with E-state index in [2.05, 4.69) is 73.9 Å². The fourth-order valence-corrected chi connectivity index (χ4v) is 9.89. The van der Waals surface area contributed by atoms with Crippen molar-refractivity contribution in [1.29, 1.82) is 0 Å². The lowest BCUT2D eigenvalue weighted by atomic mass is 9.76. The zero-order valence-electron chi connectivity index (χ0n) is 37.1. The Morgan fingerprint density at radius 1 is 0.631 bits per heavy atom. The summed E-state index contributed by atoms with van der Waals surface area (Å²) in [5.74, 6) is 0.618. The first-order chi connectivity index (χ1) is 31.0. The molecule has 0 saturated heterocycles. The van der Waals surface area contributed by atoms with Gasteiger partial charge in [0.15, 0.2) is 23.0 Å². The molecular formula is C53H48F3N3O6. The number of aryl methyl sites for hydroxylation is 1. The minimum absolute atomic E-state index is 0.0630. The maximum atomic E-state index is 14.7. The van der Waals surface area contributed by atoms with Crippen LogP contribution in [0.3, 0.4) is 0 Å². The predicted molar refractivity (Wildman–Crippen MR) is 246 cm³/mol. The van der Waals surface area contributed by atoms with Gasteiger partial charge in [0.25, 0.3) is 5.69 Å². The number of nitro groups is 1. The lowest BCUT2D eigenvalue weighted by Crippen LogP contribution is -2.59. The monoisotopic (exact) mass is 879 g/mol. The number of fused-ring (bicyclic) bond motifs is 4. The van der Waals surface area contributed by atoms with Crippen LogP contribution in [-0.2, 0) is 23.9 Å². The minimum atomic E-state index is -0.929. The largest absolute Gasteiger partial charge is 0.493 e. The van der Waals surface area contributed by atoms with Crippen molar-refractivity contribution in [2.75, 3.05) is 24.0 Å². The van der Waals surface area contributed by atoms with Gasteiger partial charge < -0.3 is 28.7 Å². The van der Waals surface area contributed by atoms with Gasteiger partial charge in [-0.1, -0.05) is 54.6 Å². The quantitative estimate of drug-likeness (QED) is 0.116. The fourth-order valence-electron chi connectivity index (χ4n) is 9.89. The summed E-state index contributed by atoms with van der Waals surface area (Å²) >= 11 is 0. The summed E-state index contributed by atoms with van der Waals surface area (Å²) in [5, 5.41) is 11.4. The summed E-state index contributed by atoms with van der Waals surface area (Å²) < 4.78 is 66.5. The number of anilines is 2. The van der Waals surface area contributed by atoms with Crippen molar-refractivity contribution in [3.05, 3.63) is 194 Å². The highest BCUT2D eigenvalue weighted by molar-refractivity contribution is 5.76. The normalized spacial score (nSPS) is 19.9. The van der Waals surface area contributed by atoms with Gasteiger partial charge in [-0.05, 0) is 124 Å². The SMILES string of the molecule is COc1cc(C)cc2c1OC1(C=C2)N(Cc2ccc(F)cc2F)c2ccccc2C1(C)C.COc1cc([N+](=O)[O-])cc2c1OC1(C=C2)N(Cc2ccc(F)cc2)c2ccccc2C1(C)C. The molecule has 9 nitrogen and oxygen atoms in total. The smallest absolute Gasteiger partial charge is 0.274 e. The third-order valence-electron chi connectivity index (χ3n) is 13.4. The predicted octanol–water partition coefficient (Wildman–Crippen LogP) is 12.2. The van der Waals surface area contributed by atoms with Crippen LogP contribution < -0.4 is 28.7 Å². The van der Waals surface area contributed by atoms with Crippen LogP contribution in [0.15, 0.2) is 127 Å². The summed E-state index contributed by atoms with van der Waals surface area (Å²) in [6.07, 6.45) is 7.92. The van der Waals surface area contributed by atoms with Gasteiger partial charge in [0.1, 0.15) is 17.5 Å². The zero-order chi connectivity index (χ0) is 46.1. The topological polar surface area (TPSA) is 86.5 Å². The molecule has 6 aromatic rings. The van der Waals surface area contributed by atoms with Crippen LogP contribution in [0, 0.1) is 34.5 Å². The molecule has 2 atom stereocenters. The molecule has 2 spiro atoms. The number of halogens is 3. The summed E-state index contributed by atoms with van der Waals surface area (Å²) in [7, 11) is 3.10. The minimum Gasteiger partial charge on any atom is -0.493 e. The van der Waals surface area contributed by atoms with Crippen molar-refractivity contribution < 1.29 is 37.0 Å². The Kier molecular flexibility index (Phi) is 10.5. The number of nitro benzene ring substituents is 1. The van der Waals surface area contributed by atoms with E-state index in [9.17, 15) is 23.3 Å². The Bertz CT molecular complexity index is 2930. The molecule has 0 amide bonds. The van der Waals surface area contributed by atoms with Gasteiger partial charge in [-0.2, -0.15) is 0 Å². The molecule has 10 rings (SSSR count). The number of benzene rings is 6. The average molecular weight is 880 g/mol. The molecule has 0 fully saturated rings. The van der Waals surface area contributed by atoms with Gasteiger partial charge in [0.05, 0.1) is 36.0 Å². The molecule has 0 N–H and O–H groups in total. The fraction of sp³-hybridized carbons (Fsp3) is 0.245. The number of hydrogen-bond acceptors (Lipinski definition) is 8. The van der Waals surface area contributed by atoms with E-state index in [0.717, 1.165) is 45.3 Å². The Morgan fingerprint density at radius 3 is 1.68 bits per heavy atom. The van der Waals surface area contributed by atoms with E-state index in [4.69, 9.17) is 18.9 Å². The zero-order valence-corrected chi connectivity index (χ0v) is 37.1. The molecule has 332 valence electrons. The highest BCUT2D eigenvalue weighted by Gasteiger charge is 2.60. The Balaban J connectivity index is 0.000000164. The van der Waals surface area contributed by atoms with Gasteiger partial charge in [0, 0.05) is 53.3 Å². The second kappa shape index (κ2) is 15.8. The number of non-ortho nitro benzene ring substituents is 1. The number of hydrogen-bond donors (Lipinski definition) is 0. The molecule has 0 saturated carbocycles. The second-order valence-corrected chi connectivity index (χ2v) is 17.8. The van der Waals surface area contributed by atoms with Crippen molar-refractivity contribution in [2.45, 2.75) is 70.0 Å². The van der Waals surface area contributed by atoms with Crippen LogP contribution >= 0.6 is 0 Å². The van der Waals surface area contributed by atoms with E-state index in [1.807, 2.05) is 55.5 Å². The van der Waals surface area contributed by atoms with Crippen molar-refractivity contribution in [3.8, 4) is 23.0 Å². The van der Waals surface area contributed by atoms with E-state index in [-0.39, 0.29) is 18.0 Å². The maximum absolute atomic E-state index is 14.7. The Hall–Kier alpha value is -7.21. The number of para-hydroxylation sites is 2. The molecule has 0 aliphatic carbocycles. The van der Waals surface area contributed by atoms with Crippen molar-refractivity contribution in [1.82, 2.24) is 0 Å². The Morgan fingerprint density at radius 2 is 1.14 bits per heavy atom. The first-order valence-electron chi connectivity index (χ1n) is 21.3. The second-order valence-electron chi connectivity index (χ2n) is 17.8. The number of rotatable bonds is 7. The standard InChI is InChI=1S/C27H25F2NO2.C26H23FN2O4/c1-17-13-18-11-12-27(32-25(18)24(14-17)31-4)26(2,3)21-7-5-6-8-23(21)30(27)16-19-9-10-20(28)15-22(19)29;1-25(2)21-6-4-5-7-22(21)28(16-17-8-10-19(27)11-9-17)26(25)13-12-18-14-20(29(30)31)15-23(32-3)24(18)33-26/h5-15H,16H2,1-4H3;4-15H,16H2,1-3H3. The summed E-state index contributed by atoms with van der Waals surface area (Å²) in [6, 6.07) is 33.2. The van der Waals surface area contributed by atoms with Crippen molar-refractivity contribution in [3.63, 3.8) is 0 Å². The molecule has 0 radical (unpaired) electrons. The molecule has 12 heteroatoms. The van der Waals surface area contributed by atoms with E-state index in [1.165, 1.54) is 43.5 Å². The van der Waals surface area contributed by atoms with E-state index >= 15 is 0 Å². The molecule has 65 heavy (non-hydrogen) atoms. The molecule has 0 aromatic heterocycles. The van der Waals surface area contributed by atoms with Crippen LogP contribution in [0.2, 0.25) is 0 Å². The molecule has 2 unspecified atom stereocenters. The molecule has 4 aliphatic heterocycles. The molecule has 4 heterocycles. The first-order valence-corrected chi connectivity index (χ1v) is 21.3. The lowest BCUT2D eigenvalue weighted by molar-refractivity contribution is -0.385. The van der Waals surface area contributed by atoms with Gasteiger partial charge in [-0.15, -0.1) is 0 Å². The van der Waals surface area contributed by atoms with Crippen molar-refractivity contribution in [2.24, 2.45) is 0 Å². The van der Waals surface area contributed by atoms with Gasteiger partial charge in [-0.25, -0.2) is 13.2 Å². The number of nitrogens with zero attached hydrogens (tertiary/aromatic N) is 3. The molecule has 4 aliphatic rings. The summed E-state index contributed by atoms with van der Waals surface area (Å²) in [4.78, 5) is 15.2.